The Balaban J connectivity index is 1.99. The van der Waals surface area contributed by atoms with Gasteiger partial charge in [0, 0.05) is 23.9 Å². The molecule has 0 fully saturated rings. The van der Waals surface area contributed by atoms with Crippen LogP contribution in [0.15, 0.2) is 39.5 Å². The minimum absolute atomic E-state index is 0.251. The van der Waals surface area contributed by atoms with Crippen LogP contribution in [0.1, 0.15) is 39.0 Å². The van der Waals surface area contributed by atoms with Gasteiger partial charge in [0.2, 0.25) is 0 Å². The second-order valence-corrected chi connectivity index (χ2v) is 4.74. The van der Waals surface area contributed by atoms with Gasteiger partial charge in [0.25, 0.3) is 0 Å². The first-order valence-electron chi connectivity index (χ1n) is 6.93. The summed E-state index contributed by atoms with van der Waals surface area (Å²) in [4.78, 5) is 22.8. The van der Waals surface area contributed by atoms with E-state index in [2.05, 4.69) is 6.92 Å². The first-order valence-corrected chi connectivity index (χ1v) is 6.93. The fourth-order valence-corrected chi connectivity index (χ4v) is 1.98. The molecule has 4 nitrogen and oxygen atoms in total. The molecule has 1 aromatic heterocycles. The summed E-state index contributed by atoms with van der Waals surface area (Å²) in [5.74, 6) is 0.158. The lowest BCUT2D eigenvalue weighted by Crippen LogP contribution is -2.07. The highest BCUT2D eigenvalue weighted by Gasteiger charge is 2.06. The molecule has 0 atom stereocenters. The molecule has 1 heterocycles. The predicted octanol–water partition coefficient (Wildman–Crippen LogP) is 3.67. The van der Waals surface area contributed by atoms with Crippen LogP contribution in [0.25, 0.3) is 11.0 Å². The third-order valence-corrected chi connectivity index (χ3v) is 3.06. The Morgan fingerprint density at radius 1 is 1.15 bits per heavy atom. The molecular weight excluding hydrogens is 256 g/mol. The summed E-state index contributed by atoms with van der Waals surface area (Å²) in [5.41, 5.74) is 0.00863. The summed E-state index contributed by atoms with van der Waals surface area (Å²) in [6.45, 7) is 2.13. The molecule has 0 radical (unpaired) electrons. The number of carbonyl (C=O) groups is 1. The van der Waals surface area contributed by atoms with Gasteiger partial charge in [-0.1, -0.05) is 26.2 Å². The number of esters is 1. The highest BCUT2D eigenvalue weighted by molar-refractivity contribution is 5.79. The molecule has 0 saturated heterocycles. The zero-order chi connectivity index (χ0) is 14.4. The van der Waals surface area contributed by atoms with Crippen LogP contribution in [0.2, 0.25) is 0 Å². The summed E-state index contributed by atoms with van der Waals surface area (Å²) < 4.78 is 10.3. The van der Waals surface area contributed by atoms with Crippen molar-refractivity contribution in [3.8, 4) is 5.75 Å². The van der Waals surface area contributed by atoms with Gasteiger partial charge in [-0.2, -0.15) is 0 Å². The predicted molar refractivity (Wildman–Crippen MR) is 76.9 cm³/mol. The van der Waals surface area contributed by atoms with Gasteiger partial charge < -0.3 is 9.15 Å². The molecule has 20 heavy (non-hydrogen) atoms. The van der Waals surface area contributed by atoms with Crippen molar-refractivity contribution < 1.29 is 13.9 Å². The third-order valence-electron chi connectivity index (χ3n) is 3.06. The van der Waals surface area contributed by atoms with E-state index < -0.39 is 5.63 Å². The van der Waals surface area contributed by atoms with Crippen molar-refractivity contribution in [2.24, 2.45) is 0 Å². The van der Waals surface area contributed by atoms with Gasteiger partial charge in [0.05, 0.1) is 0 Å². The Kier molecular flexibility index (Phi) is 4.93. The van der Waals surface area contributed by atoms with E-state index in [1.165, 1.54) is 6.07 Å². The molecule has 1 aromatic carbocycles. The van der Waals surface area contributed by atoms with Crippen LogP contribution in [0, 0.1) is 0 Å². The number of fused-ring (bicyclic) bond motifs is 1. The minimum Gasteiger partial charge on any atom is -0.426 e. The van der Waals surface area contributed by atoms with Gasteiger partial charge in [-0.15, -0.1) is 0 Å². The molecule has 0 saturated carbocycles. The first-order chi connectivity index (χ1) is 9.69. The zero-order valence-electron chi connectivity index (χ0n) is 11.6. The summed E-state index contributed by atoms with van der Waals surface area (Å²) in [6.07, 6.45) is 4.57. The standard InChI is InChI=1S/C16H18O4/c1-2-3-4-5-6-15(17)19-13-9-7-12-8-10-16(18)20-14(12)11-13/h7-11H,2-6H2,1H3. The van der Waals surface area contributed by atoms with E-state index >= 15 is 0 Å². The van der Waals surface area contributed by atoms with Crippen molar-refractivity contribution in [2.75, 3.05) is 0 Å². The monoisotopic (exact) mass is 274 g/mol. The number of unbranched alkanes of at least 4 members (excludes halogenated alkanes) is 3. The normalized spacial score (nSPS) is 10.7. The number of hydrogen-bond acceptors (Lipinski definition) is 4. The average molecular weight is 274 g/mol. The lowest BCUT2D eigenvalue weighted by molar-refractivity contribution is -0.134. The zero-order valence-corrected chi connectivity index (χ0v) is 11.6. The summed E-state index contributed by atoms with van der Waals surface area (Å²) >= 11 is 0. The topological polar surface area (TPSA) is 56.5 Å². The van der Waals surface area contributed by atoms with Crippen molar-refractivity contribution in [1.82, 2.24) is 0 Å². The Morgan fingerprint density at radius 2 is 1.95 bits per heavy atom. The van der Waals surface area contributed by atoms with Gasteiger partial charge in [0.15, 0.2) is 0 Å². The molecule has 2 aromatic rings. The maximum atomic E-state index is 11.7. The number of benzene rings is 1. The second kappa shape index (κ2) is 6.89. The molecule has 0 spiro atoms. The van der Waals surface area contributed by atoms with Crippen LogP contribution in [0.3, 0.4) is 0 Å². The molecule has 0 aliphatic rings. The van der Waals surface area contributed by atoms with E-state index in [4.69, 9.17) is 9.15 Å². The SMILES string of the molecule is CCCCCCC(=O)Oc1ccc2ccc(=O)oc2c1. The van der Waals surface area contributed by atoms with E-state index in [0.29, 0.717) is 17.8 Å². The maximum Gasteiger partial charge on any atom is 0.336 e. The number of carbonyl (C=O) groups excluding carboxylic acids is 1. The van der Waals surface area contributed by atoms with Crippen LogP contribution in [0.4, 0.5) is 0 Å². The van der Waals surface area contributed by atoms with Crippen molar-refractivity contribution in [3.63, 3.8) is 0 Å². The average Bonchev–Trinajstić information content (AvgIpc) is 2.43. The Morgan fingerprint density at radius 3 is 2.75 bits per heavy atom. The molecule has 106 valence electrons. The van der Waals surface area contributed by atoms with Crippen molar-refractivity contribution in [3.05, 3.63) is 40.8 Å². The highest BCUT2D eigenvalue weighted by atomic mass is 16.5. The van der Waals surface area contributed by atoms with Crippen LogP contribution < -0.4 is 10.4 Å². The Hall–Kier alpha value is -2.10. The maximum absolute atomic E-state index is 11.7. The van der Waals surface area contributed by atoms with E-state index in [-0.39, 0.29) is 5.97 Å². The van der Waals surface area contributed by atoms with Crippen molar-refractivity contribution in [2.45, 2.75) is 39.0 Å². The van der Waals surface area contributed by atoms with Crippen molar-refractivity contribution >= 4 is 16.9 Å². The molecule has 2 rings (SSSR count). The molecular formula is C16H18O4. The van der Waals surface area contributed by atoms with E-state index in [1.807, 2.05) is 0 Å². The van der Waals surface area contributed by atoms with Crippen LogP contribution in [0.5, 0.6) is 5.75 Å². The molecule has 4 heteroatoms. The largest absolute Gasteiger partial charge is 0.426 e. The molecule has 0 N–H and O–H groups in total. The van der Waals surface area contributed by atoms with E-state index in [0.717, 1.165) is 31.1 Å². The quantitative estimate of drug-likeness (QED) is 0.349. The van der Waals surface area contributed by atoms with E-state index in [1.54, 1.807) is 24.3 Å². The summed E-state index contributed by atoms with van der Waals surface area (Å²) in [7, 11) is 0. The van der Waals surface area contributed by atoms with E-state index in [9.17, 15) is 9.59 Å². The first kappa shape index (κ1) is 14.3. The van der Waals surface area contributed by atoms with Gasteiger partial charge >= 0.3 is 11.6 Å². The second-order valence-electron chi connectivity index (χ2n) is 4.74. The van der Waals surface area contributed by atoms with Crippen LogP contribution >= 0.6 is 0 Å². The lowest BCUT2D eigenvalue weighted by atomic mass is 10.1. The molecule has 0 aliphatic heterocycles. The van der Waals surface area contributed by atoms with Gasteiger partial charge in [-0.25, -0.2) is 4.79 Å². The summed E-state index contributed by atoms with van der Waals surface area (Å²) in [5, 5.41) is 0.798. The third kappa shape index (κ3) is 3.95. The smallest absolute Gasteiger partial charge is 0.336 e. The Labute approximate surface area is 117 Å². The summed E-state index contributed by atoms with van der Waals surface area (Å²) in [6, 6.07) is 8.07. The van der Waals surface area contributed by atoms with Gasteiger partial charge in [-0.05, 0) is 24.6 Å². The van der Waals surface area contributed by atoms with Gasteiger partial charge in [-0.3, -0.25) is 4.79 Å². The lowest BCUT2D eigenvalue weighted by Gasteiger charge is -2.05. The minimum atomic E-state index is -0.416. The molecule has 0 aliphatic carbocycles. The van der Waals surface area contributed by atoms with Crippen LogP contribution in [-0.2, 0) is 4.79 Å². The highest BCUT2D eigenvalue weighted by Crippen LogP contribution is 2.20. The molecule has 0 unspecified atom stereocenters. The van der Waals surface area contributed by atoms with Gasteiger partial charge in [0.1, 0.15) is 11.3 Å². The Bertz CT molecular complexity index is 642. The number of ether oxygens (including phenoxy) is 1. The van der Waals surface area contributed by atoms with Crippen molar-refractivity contribution in [1.29, 1.82) is 0 Å². The number of rotatable bonds is 6. The van der Waals surface area contributed by atoms with Crippen LogP contribution in [-0.4, -0.2) is 5.97 Å². The molecule has 0 bridgehead atoms. The fourth-order valence-electron chi connectivity index (χ4n) is 1.98. The molecule has 0 amide bonds. The fraction of sp³-hybridized carbons (Fsp3) is 0.375. The number of hydrogen-bond donors (Lipinski definition) is 0.